The van der Waals surface area contributed by atoms with Crippen molar-refractivity contribution < 1.29 is 27.5 Å². The second-order valence-corrected chi connectivity index (χ2v) is 9.57. The Morgan fingerprint density at radius 1 is 1.20 bits per heavy atom. The Morgan fingerprint density at radius 3 is 2.51 bits per heavy atom. The molecule has 0 bridgehead atoms. The zero-order valence-electron chi connectivity index (χ0n) is 20.5. The zero-order chi connectivity index (χ0) is 25.9. The third-order valence-electron chi connectivity index (χ3n) is 6.31. The quantitative estimate of drug-likeness (QED) is 0.453. The highest BCUT2D eigenvalue weighted by atomic mass is 19.3. The molecule has 3 N–H and O–H groups in total. The Kier molecular flexibility index (Phi) is 8.45. The van der Waals surface area contributed by atoms with Crippen LogP contribution in [0.5, 0.6) is 5.75 Å². The molecule has 1 aliphatic heterocycles. The van der Waals surface area contributed by atoms with Crippen LogP contribution < -0.4 is 15.4 Å². The lowest BCUT2D eigenvalue weighted by Crippen LogP contribution is -2.46. The minimum Gasteiger partial charge on any atom is -0.435 e. The van der Waals surface area contributed by atoms with Crippen LogP contribution in [0, 0.1) is 17.1 Å². The highest BCUT2D eigenvalue weighted by Gasteiger charge is 2.36. The van der Waals surface area contributed by atoms with E-state index in [0.717, 1.165) is 18.2 Å². The molecule has 192 valence electrons. The van der Waals surface area contributed by atoms with E-state index >= 15 is 0 Å². The number of ether oxygens (including phenoxy) is 1. The minimum atomic E-state index is -3.06. The maximum atomic E-state index is 14.5. The van der Waals surface area contributed by atoms with E-state index in [4.69, 9.17) is 5.41 Å². The van der Waals surface area contributed by atoms with Gasteiger partial charge in [-0.25, -0.2) is 4.39 Å². The molecule has 1 aromatic rings. The molecular formula is C25H33F3N4O3. The van der Waals surface area contributed by atoms with Crippen LogP contribution in [0.3, 0.4) is 0 Å². The van der Waals surface area contributed by atoms with E-state index in [9.17, 15) is 22.8 Å². The van der Waals surface area contributed by atoms with Gasteiger partial charge in [-0.1, -0.05) is 0 Å². The molecule has 2 amide bonds. The number of nitrogens with zero attached hydrogens (tertiary/aromatic N) is 1. The predicted octanol–water partition coefficient (Wildman–Crippen LogP) is 3.97. The van der Waals surface area contributed by atoms with E-state index in [1.54, 1.807) is 4.90 Å². The molecule has 3 rings (SSSR count). The summed E-state index contributed by atoms with van der Waals surface area (Å²) in [6.45, 7) is 5.24. The van der Waals surface area contributed by atoms with Gasteiger partial charge in [-0.15, -0.1) is 0 Å². The van der Waals surface area contributed by atoms with Crippen molar-refractivity contribution in [2.24, 2.45) is 5.92 Å². The molecular weight excluding hydrogens is 461 g/mol. The lowest BCUT2D eigenvalue weighted by Gasteiger charge is -2.30. The summed E-state index contributed by atoms with van der Waals surface area (Å²) >= 11 is 0. The molecule has 1 fully saturated rings. The Bertz CT molecular complexity index is 1010. The summed E-state index contributed by atoms with van der Waals surface area (Å²) < 4.78 is 44.1. The van der Waals surface area contributed by atoms with Crippen molar-refractivity contribution in [3.8, 4) is 5.75 Å². The fourth-order valence-corrected chi connectivity index (χ4v) is 4.61. The Morgan fingerprint density at radius 2 is 1.91 bits per heavy atom. The van der Waals surface area contributed by atoms with Crippen molar-refractivity contribution in [1.82, 2.24) is 15.5 Å². The smallest absolute Gasteiger partial charge is 0.387 e. The van der Waals surface area contributed by atoms with Crippen LogP contribution >= 0.6 is 0 Å². The van der Waals surface area contributed by atoms with Gasteiger partial charge in [0.15, 0.2) is 0 Å². The first kappa shape index (κ1) is 26.6. The second-order valence-electron chi connectivity index (χ2n) is 9.57. The van der Waals surface area contributed by atoms with Crippen LogP contribution in [0.1, 0.15) is 58.9 Å². The van der Waals surface area contributed by atoms with Crippen molar-refractivity contribution in [3.63, 3.8) is 0 Å². The van der Waals surface area contributed by atoms with Gasteiger partial charge in [0.1, 0.15) is 17.6 Å². The third-order valence-corrected chi connectivity index (χ3v) is 6.31. The highest BCUT2D eigenvalue weighted by molar-refractivity contribution is 6.11. The number of hydrogen-bond donors (Lipinski definition) is 3. The average molecular weight is 495 g/mol. The third kappa shape index (κ3) is 6.35. The number of benzene rings is 1. The van der Waals surface area contributed by atoms with Gasteiger partial charge in [-0.3, -0.25) is 15.0 Å². The molecule has 2 aliphatic rings. The van der Waals surface area contributed by atoms with Crippen LogP contribution in [0.2, 0.25) is 0 Å². The standard InChI is InChI=1S/C25H33F3N4O3/c1-13(2)30-21-11-15(23(33)31-20-9-10-32(14(3)4)24(20)34)5-7-17(21)22(29)18-12-16(35-25(27)28)6-8-19(18)26/h6,8,12-15,20,25,29-30H,5,7,9-11H2,1-4H3,(H,31,33)/t15-,20?/m1/s1. The van der Waals surface area contributed by atoms with E-state index in [0.29, 0.717) is 43.5 Å². The molecule has 1 aromatic carbocycles. The van der Waals surface area contributed by atoms with Gasteiger partial charge in [0.25, 0.3) is 0 Å². The van der Waals surface area contributed by atoms with E-state index in [1.165, 1.54) is 0 Å². The van der Waals surface area contributed by atoms with Gasteiger partial charge in [0, 0.05) is 35.8 Å². The van der Waals surface area contributed by atoms with Crippen LogP contribution in [-0.4, -0.2) is 53.7 Å². The highest BCUT2D eigenvalue weighted by Crippen LogP contribution is 2.32. The SMILES string of the molecule is CC(C)NC1=C(C(=N)c2cc(OC(F)F)ccc2F)CC[C@@H](C(=O)NC2CCN(C(C)C)C2=O)C1. The number of likely N-dealkylation sites (tertiary alicyclic amines) is 1. The van der Waals surface area contributed by atoms with Crippen LogP contribution in [0.4, 0.5) is 13.2 Å². The molecule has 0 saturated carbocycles. The Hall–Kier alpha value is -3.04. The molecule has 1 aliphatic carbocycles. The Balaban J connectivity index is 1.79. The summed E-state index contributed by atoms with van der Waals surface area (Å²) in [6, 6.07) is 2.70. The number of hydrogen-bond acceptors (Lipinski definition) is 5. The first-order valence-corrected chi connectivity index (χ1v) is 11.9. The van der Waals surface area contributed by atoms with E-state index in [-0.39, 0.29) is 40.9 Å². The van der Waals surface area contributed by atoms with Gasteiger partial charge < -0.3 is 20.3 Å². The maximum absolute atomic E-state index is 14.5. The normalized spacial score (nSPS) is 20.7. The molecule has 1 heterocycles. The van der Waals surface area contributed by atoms with Crippen molar-refractivity contribution in [3.05, 3.63) is 40.8 Å². The lowest BCUT2D eigenvalue weighted by atomic mass is 9.82. The number of amides is 2. The number of alkyl halides is 2. The summed E-state index contributed by atoms with van der Waals surface area (Å²) in [5.41, 5.74) is 0.883. The van der Waals surface area contributed by atoms with Crippen molar-refractivity contribution in [1.29, 1.82) is 5.41 Å². The summed E-state index contributed by atoms with van der Waals surface area (Å²) in [6.07, 6.45) is 1.60. The molecule has 0 aromatic heterocycles. The summed E-state index contributed by atoms with van der Waals surface area (Å²) in [4.78, 5) is 27.3. The molecule has 35 heavy (non-hydrogen) atoms. The van der Waals surface area contributed by atoms with E-state index in [1.807, 2.05) is 27.7 Å². The summed E-state index contributed by atoms with van der Waals surface area (Å²) in [5.74, 6) is -1.66. The van der Waals surface area contributed by atoms with Crippen molar-refractivity contribution in [2.45, 2.75) is 78.1 Å². The van der Waals surface area contributed by atoms with Crippen LogP contribution in [-0.2, 0) is 9.59 Å². The topological polar surface area (TPSA) is 94.5 Å². The largest absolute Gasteiger partial charge is 0.435 e. The molecule has 7 nitrogen and oxygen atoms in total. The van der Waals surface area contributed by atoms with Crippen LogP contribution in [0.25, 0.3) is 0 Å². The second kappa shape index (κ2) is 11.1. The molecule has 10 heteroatoms. The van der Waals surface area contributed by atoms with E-state index in [2.05, 4.69) is 15.4 Å². The first-order chi connectivity index (χ1) is 16.5. The molecule has 1 unspecified atom stereocenters. The number of carbonyl (C=O) groups is 2. The van der Waals surface area contributed by atoms with Gasteiger partial charge >= 0.3 is 6.61 Å². The molecule has 0 radical (unpaired) electrons. The van der Waals surface area contributed by atoms with Gasteiger partial charge in [-0.05, 0) is 77.2 Å². The first-order valence-electron chi connectivity index (χ1n) is 11.9. The summed E-state index contributed by atoms with van der Waals surface area (Å²) in [5, 5.41) is 14.8. The number of nitrogens with one attached hydrogen (secondary N) is 3. The van der Waals surface area contributed by atoms with Crippen molar-refractivity contribution >= 4 is 17.5 Å². The maximum Gasteiger partial charge on any atom is 0.387 e. The fourth-order valence-electron chi connectivity index (χ4n) is 4.61. The van der Waals surface area contributed by atoms with Gasteiger partial charge in [0.05, 0.1) is 5.71 Å². The number of allylic oxidation sites excluding steroid dienone is 2. The predicted molar refractivity (Wildman–Crippen MR) is 126 cm³/mol. The minimum absolute atomic E-state index is 0.0102. The van der Waals surface area contributed by atoms with Gasteiger partial charge in [-0.2, -0.15) is 8.78 Å². The number of rotatable bonds is 9. The molecule has 1 saturated heterocycles. The number of carbonyl (C=O) groups excluding carboxylic acids is 2. The molecule has 0 spiro atoms. The average Bonchev–Trinajstić information content (AvgIpc) is 3.14. The molecule has 2 atom stereocenters. The number of halogens is 3. The van der Waals surface area contributed by atoms with Crippen LogP contribution in [0.15, 0.2) is 29.5 Å². The van der Waals surface area contributed by atoms with E-state index < -0.39 is 24.4 Å². The fraction of sp³-hybridized carbons (Fsp3) is 0.560. The monoisotopic (exact) mass is 494 g/mol. The lowest BCUT2D eigenvalue weighted by molar-refractivity contribution is -0.135. The van der Waals surface area contributed by atoms with Gasteiger partial charge in [0.2, 0.25) is 11.8 Å². The zero-order valence-corrected chi connectivity index (χ0v) is 20.5. The Labute approximate surface area is 203 Å². The summed E-state index contributed by atoms with van der Waals surface area (Å²) in [7, 11) is 0. The van der Waals surface area contributed by atoms with Crippen molar-refractivity contribution in [2.75, 3.05) is 6.54 Å².